The number of benzene rings is 3. The number of hydrogen-bond acceptors (Lipinski definition) is 4. The van der Waals surface area contributed by atoms with Crippen molar-refractivity contribution in [3.8, 4) is 22.4 Å². The van der Waals surface area contributed by atoms with Gasteiger partial charge in [0.15, 0.2) is 0 Å². The number of aryl methyl sites for hydroxylation is 1. The number of ether oxygens (including phenoxy) is 1. The third-order valence-corrected chi connectivity index (χ3v) is 5.20. The zero-order chi connectivity index (χ0) is 21.6. The molecule has 0 aliphatic heterocycles. The van der Waals surface area contributed by atoms with Crippen molar-refractivity contribution in [2.75, 3.05) is 18.5 Å². The molecule has 4 nitrogen and oxygen atoms in total. The van der Waals surface area contributed by atoms with Crippen LogP contribution in [0.3, 0.4) is 0 Å². The van der Waals surface area contributed by atoms with Crippen LogP contribution in [-0.2, 0) is 9.53 Å². The van der Waals surface area contributed by atoms with Gasteiger partial charge >= 0.3 is 5.97 Å². The minimum atomic E-state index is -0.194. The van der Waals surface area contributed by atoms with Gasteiger partial charge in [0.25, 0.3) is 0 Å². The number of fused-ring (bicyclic) bond motifs is 1. The van der Waals surface area contributed by atoms with Gasteiger partial charge in [-0.15, -0.1) is 0 Å². The highest BCUT2D eigenvalue weighted by atomic mass is 16.5. The van der Waals surface area contributed by atoms with Crippen LogP contribution in [0.2, 0.25) is 0 Å². The fourth-order valence-corrected chi connectivity index (χ4v) is 3.66. The fourth-order valence-electron chi connectivity index (χ4n) is 3.66. The SMILES string of the molecule is CCOC(=O)CCNc1cc(-c2ccc(-c3cccc(C)c3)cc2)nc2ccccc12. The molecule has 0 aliphatic carbocycles. The summed E-state index contributed by atoms with van der Waals surface area (Å²) in [6.07, 6.45) is 0.324. The van der Waals surface area contributed by atoms with E-state index < -0.39 is 0 Å². The van der Waals surface area contributed by atoms with E-state index in [1.54, 1.807) is 0 Å². The molecule has 0 aliphatic rings. The van der Waals surface area contributed by atoms with Gasteiger partial charge in [0.2, 0.25) is 0 Å². The van der Waals surface area contributed by atoms with E-state index in [2.05, 4.69) is 66.8 Å². The van der Waals surface area contributed by atoms with Gasteiger partial charge < -0.3 is 10.1 Å². The number of carbonyl (C=O) groups excluding carboxylic acids is 1. The van der Waals surface area contributed by atoms with E-state index >= 15 is 0 Å². The number of hydrogen-bond donors (Lipinski definition) is 1. The van der Waals surface area contributed by atoms with E-state index in [0.717, 1.165) is 27.8 Å². The summed E-state index contributed by atoms with van der Waals surface area (Å²) in [5.41, 5.74) is 7.47. The molecular weight excluding hydrogens is 384 g/mol. The second-order valence-corrected chi connectivity index (χ2v) is 7.50. The summed E-state index contributed by atoms with van der Waals surface area (Å²) in [5, 5.41) is 4.42. The van der Waals surface area contributed by atoms with E-state index in [-0.39, 0.29) is 5.97 Å². The Morgan fingerprint density at radius 1 is 0.903 bits per heavy atom. The van der Waals surface area contributed by atoms with Gasteiger partial charge in [0, 0.05) is 23.2 Å². The molecule has 4 rings (SSSR count). The minimum absolute atomic E-state index is 0.194. The van der Waals surface area contributed by atoms with Gasteiger partial charge in [-0.3, -0.25) is 4.79 Å². The fraction of sp³-hybridized carbons (Fsp3) is 0.185. The maximum Gasteiger partial charge on any atom is 0.307 e. The van der Waals surface area contributed by atoms with Crippen molar-refractivity contribution >= 4 is 22.6 Å². The number of pyridine rings is 1. The molecule has 0 unspecified atom stereocenters. The number of aromatic nitrogens is 1. The van der Waals surface area contributed by atoms with Crippen LogP contribution in [-0.4, -0.2) is 24.1 Å². The zero-order valence-electron chi connectivity index (χ0n) is 17.9. The monoisotopic (exact) mass is 410 g/mol. The Bertz CT molecular complexity index is 1200. The molecule has 0 amide bonds. The van der Waals surface area contributed by atoms with E-state index in [4.69, 9.17) is 9.72 Å². The normalized spacial score (nSPS) is 10.8. The summed E-state index contributed by atoms with van der Waals surface area (Å²) < 4.78 is 5.02. The molecule has 1 heterocycles. The Kier molecular flexibility index (Phi) is 6.27. The third-order valence-electron chi connectivity index (χ3n) is 5.20. The summed E-state index contributed by atoms with van der Waals surface area (Å²) >= 11 is 0. The highest BCUT2D eigenvalue weighted by Crippen LogP contribution is 2.30. The second kappa shape index (κ2) is 9.43. The molecule has 0 saturated heterocycles. The largest absolute Gasteiger partial charge is 0.466 e. The quantitative estimate of drug-likeness (QED) is 0.366. The summed E-state index contributed by atoms with van der Waals surface area (Å²) in [6, 6.07) is 27.1. The molecule has 0 bridgehead atoms. The van der Waals surface area contributed by atoms with Crippen molar-refractivity contribution in [1.29, 1.82) is 0 Å². The minimum Gasteiger partial charge on any atom is -0.466 e. The summed E-state index contributed by atoms with van der Waals surface area (Å²) in [4.78, 5) is 16.5. The van der Waals surface area contributed by atoms with Crippen LogP contribution < -0.4 is 5.32 Å². The maximum absolute atomic E-state index is 11.7. The van der Waals surface area contributed by atoms with Crippen molar-refractivity contribution in [1.82, 2.24) is 4.98 Å². The first-order chi connectivity index (χ1) is 15.1. The predicted octanol–water partition coefficient (Wildman–Crippen LogP) is 6.24. The summed E-state index contributed by atoms with van der Waals surface area (Å²) in [7, 11) is 0. The average Bonchev–Trinajstić information content (AvgIpc) is 2.79. The molecule has 0 saturated carbocycles. The molecule has 31 heavy (non-hydrogen) atoms. The average molecular weight is 411 g/mol. The summed E-state index contributed by atoms with van der Waals surface area (Å²) in [5.74, 6) is -0.194. The van der Waals surface area contributed by atoms with Crippen LogP contribution in [0.4, 0.5) is 5.69 Å². The molecule has 1 aromatic heterocycles. The standard InChI is InChI=1S/C27H26N2O2/c1-3-31-27(30)15-16-28-26-18-25(29-24-10-5-4-9-23(24)26)21-13-11-20(12-14-21)22-8-6-7-19(2)17-22/h4-14,17-18H,3,15-16H2,1-2H3,(H,28,29). The Balaban J connectivity index is 1.62. The number of esters is 1. The topological polar surface area (TPSA) is 51.2 Å². The number of nitrogens with zero attached hydrogens (tertiary/aromatic N) is 1. The van der Waals surface area contributed by atoms with Crippen LogP contribution in [0.5, 0.6) is 0 Å². The van der Waals surface area contributed by atoms with Gasteiger partial charge in [-0.1, -0.05) is 72.3 Å². The van der Waals surface area contributed by atoms with Crippen LogP contribution in [0, 0.1) is 6.92 Å². The Morgan fingerprint density at radius 3 is 2.45 bits per heavy atom. The van der Waals surface area contributed by atoms with E-state index in [9.17, 15) is 4.79 Å². The highest BCUT2D eigenvalue weighted by Gasteiger charge is 2.09. The Hall–Kier alpha value is -3.66. The van der Waals surface area contributed by atoms with Gasteiger partial charge in [-0.05, 0) is 37.1 Å². The number of rotatable bonds is 7. The van der Waals surface area contributed by atoms with Crippen molar-refractivity contribution in [2.45, 2.75) is 20.3 Å². The lowest BCUT2D eigenvalue weighted by Crippen LogP contribution is -2.11. The van der Waals surface area contributed by atoms with Crippen LogP contribution in [0.15, 0.2) is 78.9 Å². The van der Waals surface area contributed by atoms with E-state index in [0.29, 0.717) is 19.6 Å². The van der Waals surface area contributed by atoms with Crippen LogP contribution in [0.1, 0.15) is 18.9 Å². The van der Waals surface area contributed by atoms with Crippen molar-refractivity contribution in [2.24, 2.45) is 0 Å². The number of para-hydroxylation sites is 1. The lowest BCUT2D eigenvalue weighted by molar-refractivity contribution is -0.142. The molecule has 0 fully saturated rings. The predicted molar refractivity (Wildman–Crippen MR) is 127 cm³/mol. The maximum atomic E-state index is 11.7. The first kappa shape index (κ1) is 20.6. The molecular formula is C27H26N2O2. The molecule has 4 aromatic rings. The van der Waals surface area contributed by atoms with E-state index in [1.165, 1.54) is 16.7 Å². The molecule has 0 spiro atoms. The molecule has 0 radical (unpaired) electrons. The van der Waals surface area contributed by atoms with Gasteiger partial charge in [-0.25, -0.2) is 4.98 Å². The third kappa shape index (κ3) is 4.92. The zero-order valence-corrected chi connectivity index (χ0v) is 17.9. The lowest BCUT2D eigenvalue weighted by Gasteiger charge is -2.12. The molecule has 156 valence electrons. The second-order valence-electron chi connectivity index (χ2n) is 7.50. The Morgan fingerprint density at radius 2 is 1.68 bits per heavy atom. The molecule has 3 aromatic carbocycles. The lowest BCUT2D eigenvalue weighted by atomic mass is 10.0. The highest BCUT2D eigenvalue weighted by molar-refractivity contribution is 5.94. The first-order valence-corrected chi connectivity index (χ1v) is 10.6. The van der Waals surface area contributed by atoms with Crippen molar-refractivity contribution in [3.63, 3.8) is 0 Å². The summed E-state index contributed by atoms with van der Waals surface area (Å²) in [6.45, 7) is 4.84. The van der Waals surface area contributed by atoms with Crippen molar-refractivity contribution in [3.05, 3.63) is 84.4 Å². The number of carbonyl (C=O) groups is 1. The molecule has 0 atom stereocenters. The van der Waals surface area contributed by atoms with E-state index in [1.807, 2.05) is 31.2 Å². The van der Waals surface area contributed by atoms with Crippen LogP contribution in [0.25, 0.3) is 33.3 Å². The molecule has 1 N–H and O–H groups in total. The van der Waals surface area contributed by atoms with Crippen LogP contribution >= 0.6 is 0 Å². The van der Waals surface area contributed by atoms with Crippen molar-refractivity contribution < 1.29 is 9.53 Å². The first-order valence-electron chi connectivity index (χ1n) is 10.6. The Labute approximate surface area is 182 Å². The number of nitrogens with one attached hydrogen (secondary N) is 1. The smallest absolute Gasteiger partial charge is 0.307 e. The molecule has 4 heteroatoms. The number of anilines is 1. The van der Waals surface area contributed by atoms with Gasteiger partial charge in [0.05, 0.1) is 24.2 Å². The van der Waals surface area contributed by atoms with Gasteiger partial charge in [-0.2, -0.15) is 0 Å². The van der Waals surface area contributed by atoms with Gasteiger partial charge in [0.1, 0.15) is 0 Å².